The van der Waals surface area contributed by atoms with E-state index in [2.05, 4.69) is 36.6 Å². The van der Waals surface area contributed by atoms with Crippen molar-refractivity contribution in [3.05, 3.63) is 64.7 Å². The van der Waals surface area contributed by atoms with Crippen LogP contribution in [0.4, 0.5) is 5.69 Å². The van der Waals surface area contributed by atoms with Crippen LogP contribution >= 0.6 is 23.8 Å². The van der Waals surface area contributed by atoms with Gasteiger partial charge in [0.25, 0.3) is 0 Å². The summed E-state index contributed by atoms with van der Waals surface area (Å²) in [5.41, 5.74) is 2.23. The fourth-order valence-electron chi connectivity index (χ4n) is 2.73. The molecule has 0 aliphatic rings. The molecule has 0 fully saturated rings. The molecule has 2 aromatic rings. The maximum Gasteiger partial charge on any atom is 0.339 e. The van der Waals surface area contributed by atoms with E-state index in [9.17, 15) is 4.79 Å². The molecule has 0 bridgehead atoms. The topological polar surface area (TPSA) is 50.4 Å². The van der Waals surface area contributed by atoms with Crippen molar-refractivity contribution in [3.63, 3.8) is 0 Å². The third kappa shape index (κ3) is 6.52. The summed E-state index contributed by atoms with van der Waals surface area (Å²) in [7, 11) is 0. The van der Waals surface area contributed by atoms with E-state index in [0.29, 0.717) is 33.9 Å². The number of thiocarbonyl (C=S) groups is 1. The minimum absolute atomic E-state index is 0.112. The Kier molecular flexibility index (Phi) is 8.07. The molecule has 4 nitrogen and oxygen atoms in total. The summed E-state index contributed by atoms with van der Waals surface area (Å²) < 4.78 is 4.99. The molecule has 2 N–H and O–H groups in total. The molecular formula is C21H25ClN2O2S. The largest absolute Gasteiger partial charge is 0.462 e. The van der Waals surface area contributed by atoms with Gasteiger partial charge in [0.15, 0.2) is 5.11 Å². The van der Waals surface area contributed by atoms with Crippen molar-refractivity contribution in [2.75, 3.05) is 11.9 Å². The Bertz CT molecular complexity index is 781. The van der Waals surface area contributed by atoms with Gasteiger partial charge >= 0.3 is 5.97 Å². The van der Waals surface area contributed by atoms with Gasteiger partial charge in [0, 0.05) is 5.69 Å². The third-order valence-electron chi connectivity index (χ3n) is 3.94. The number of hydrogen-bond donors (Lipinski definition) is 2. The number of anilines is 1. The summed E-state index contributed by atoms with van der Waals surface area (Å²) in [6, 6.07) is 15.4. The lowest BCUT2D eigenvalue weighted by molar-refractivity contribution is 0.0526. The standard InChI is InChI=1S/C21H25ClN2O2S/c1-4-26-20(25)17-11-10-16(13-18(17)22)23-21(27)24-19(12-14(2)3)15-8-6-5-7-9-15/h5-11,13-14,19H,4,12H2,1-3H3,(H2,23,24,27)/t19-/m0/s1. The molecule has 0 aromatic heterocycles. The van der Waals surface area contributed by atoms with Crippen LogP contribution in [0.15, 0.2) is 48.5 Å². The lowest BCUT2D eigenvalue weighted by Crippen LogP contribution is -2.33. The Morgan fingerprint density at radius 1 is 1.19 bits per heavy atom. The summed E-state index contributed by atoms with van der Waals surface area (Å²) in [4.78, 5) is 11.8. The summed E-state index contributed by atoms with van der Waals surface area (Å²) in [6.07, 6.45) is 0.953. The zero-order valence-electron chi connectivity index (χ0n) is 15.8. The molecule has 0 radical (unpaired) electrons. The molecule has 2 aromatic carbocycles. The molecule has 0 unspecified atom stereocenters. The number of ether oxygens (including phenoxy) is 1. The number of benzene rings is 2. The van der Waals surface area contributed by atoms with Gasteiger partial charge in [0.1, 0.15) is 0 Å². The number of nitrogens with one attached hydrogen (secondary N) is 2. The van der Waals surface area contributed by atoms with E-state index in [1.807, 2.05) is 18.2 Å². The van der Waals surface area contributed by atoms with Crippen LogP contribution in [-0.2, 0) is 4.74 Å². The summed E-state index contributed by atoms with van der Waals surface area (Å²) in [5, 5.41) is 7.34. The first-order valence-electron chi connectivity index (χ1n) is 8.99. The van der Waals surface area contributed by atoms with Crippen LogP contribution in [-0.4, -0.2) is 17.7 Å². The number of halogens is 1. The van der Waals surface area contributed by atoms with Gasteiger partial charge in [0.05, 0.1) is 23.2 Å². The smallest absolute Gasteiger partial charge is 0.339 e. The van der Waals surface area contributed by atoms with Crippen LogP contribution < -0.4 is 10.6 Å². The SMILES string of the molecule is CCOC(=O)c1ccc(NC(=S)N[C@@H](CC(C)C)c2ccccc2)cc1Cl. The first kappa shape index (κ1) is 21.2. The number of esters is 1. The monoisotopic (exact) mass is 404 g/mol. The van der Waals surface area contributed by atoms with Gasteiger partial charge < -0.3 is 15.4 Å². The second-order valence-electron chi connectivity index (χ2n) is 6.61. The Morgan fingerprint density at radius 3 is 2.48 bits per heavy atom. The number of rotatable bonds is 7. The van der Waals surface area contributed by atoms with Gasteiger partial charge in [0.2, 0.25) is 0 Å². The Balaban J connectivity index is 2.07. The molecule has 0 aliphatic heterocycles. The van der Waals surface area contributed by atoms with E-state index in [4.69, 9.17) is 28.6 Å². The highest BCUT2D eigenvalue weighted by atomic mass is 35.5. The Labute approximate surface area is 171 Å². The maximum absolute atomic E-state index is 11.8. The van der Waals surface area contributed by atoms with E-state index in [1.165, 1.54) is 5.56 Å². The van der Waals surface area contributed by atoms with Crippen molar-refractivity contribution in [2.45, 2.75) is 33.2 Å². The minimum atomic E-state index is -0.434. The number of hydrogen-bond acceptors (Lipinski definition) is 3. The molecule has 27 heavy (non-hydrogen) atoms. The molecule has 0 saturated heterocycles. The van der Waals surface area contributed by atoms with Gasteiger partial charge in [-0.1, -0.05) is 55.8 Å². The van der Waals surface area contributed by atoms with E-state index < -0.39 is 5.97 Å². The molecule has 0 heterocycles. The number of carbonyl (C=O) groups excluding carboxylic acids is 1. The molecule has 0 aliphatic carbocycles. The summed E-state index contributed by atoms with van der Waals surface area (Å²) in [6.45, 7) is 6.43. The van der Waals surface area contributed by atoms with Gasteiger partial charge in [-0.25, -0.2) is 4.79 Å². The van der Waals surface area contributed by atoms with E-state index in [-0.39, 0.29) is 6.04 Å². The highest BCUT2D eigenvalue weighted by Crippen LogP contribution is 2.23. The fourth-order valence-corrected chi connectivity index (χ4v) is 3.25. The second-order valence-corrected chi connectivity index (χ2v) is 7.42. The van der Waals surface area contributed by atoms with E-state index in [0.717, 1.165) is 6.42 Å². The lowest BCUT2D eigenvalue weighted by Gasteiger charge is -2.23. The molecule has 144 valence electrons. The molecule has 0 saturated carbocycles. The average Bonchev–Trinajstić information content (AvgIpc) is 2.61. The van der Waals surface area contributed by atoms with Gasteiger partial charge in [-0.05, 0) is 55.2 Å². The maximum atomic E-state index is 11.8. The summed E-state index contributed by atoms with van der Waals surface area (Å²) in [5.74, 6) is 0.0830. The van der Waals surface area contributed by atoms with Gasteiger partial charge in [-0.2, -0.15) is 0 Å². The zero-order valence-corrected chi connectivity index (χ0v) is 17.4. The summed E-state index contributed by atoms with van der Waals surface area (Å²) >= 11 is 11.7. The highest BCUT2D eigenvalue weighted by Gasteiger charge is 2.15. The predicted octanol–water partition coefficient (Wildman–Crippen LogP) is 5.59. The van der Waals surface area contributed by atoms with Crippen molar-refractivity contribution < 1.29 is 9.53 Å². The van der Waals surface area contributed by atoms with Crippen LogP contribution in [0.3, 0.4) is 0 Å². The first-order valence-corrected chi connectivity index (χ1v) is 9.78. The predicted molar refractivity (Wildman–Crippen MR) is 115 cm³/mol. The van der Waals surface area contributed by atoms with Crippen LogP contribution in [0, 0.1) is 5.92 Å². The lowest BCUT2D eigenvalue weighted by atomic mass is 9.97. The van der Waals surface area contributed by atoms with Crippen molar-refractivity contribution >= 4 is 40.6 Å². The second kappa shape index (κ2) is 10.3. The van der Waals surface area contributed by atoms with Crippen molar-refractivity contribution in [2.24, 2.45) is 5.92 Å². The third-order valence-corrected chi connectivity index (χ3v) is 4.47. The Morgan fingerprint density at radius 2 is 1.89 bits per heavy atom. The van der Waals surface area contributed by atoms with Crippen LogP contribution in [0.5, 0.6) is 0 Å². The molecule has 1 atom stereocenters. The van der Waals surface area contributed by atoms with Crippen LogP contribution in [0.2, 0.25) is 5.02 Å². The van der Waals surface area contributed by atoms with Crippen LogP contribution in [0.1, 0.15) is 49.2 Å². The fraction of sp³-hybridized carbons (Fsp3) is 0.333. The van der Waals surface area contributed by atoms with Crippen molar-refractivity contribution in [1.82, 2.24) is 5.32 Å². The van der Waals surface area contributed by atoms with Gasteiger partial charge in [-0.15, -0.1) is 0 Å². The molecule has 0 spiro atoms. The Hall–Kier alpha value is -2.11. The molecule has 2 rings (SSSR count). The van der Waals surface area contributed by atoms with E-state index >= 15 is 0 Å². The van der Waals surface area contributed by atoms with E-state index in [1.54, 1.807) is 25.1 Å². The van der Waals surface area contributed by atoms with Gasteiger partial charge in [-0.3, -0.25) is 0 Å². The first-order chi connectivity index (χ1) is 12.9. The molecular weight excluding hydrogens is 380 g/mol. The van der Waals surface area contributed by atoms with Crippen molar-refractivity contribution in [3.8, 4) is 0 Å². The zero-order chi connectivity index (χ0) is 19.8. The van der Waals surface area contributed by atoms with Crippen LogP contribution in [0.25, 0.3) is 0 Å². The normalized spacial score (nSPS) is 11.7. The molecule has 0 amide bonds. The highest BCUT2D eigenvalue weighted by molar-refractivity contribution is 7.80. The van der Waals surface area contributed by atoms with Crippen molar-refractivity contribution in [1.29, 1.82) is 0 Å². The average molecular weight is 405 g/mol. The minimum Gasteiger partial charge on any atom is -0.462 e. The quantitative estimate of drug-likeness (QED) is 0.465. The number of carbonyl (C=O) groups is 1. The molecule has 6 heteroatoms.